The Morgan fingerprint density at radius 3 is 2.25 bits per heavy atom. The predicted octanol–water partition coefficient (Wildman–Crippen LogP) is 5.05. The van der Waals surface area contributed by atoms with Gasteiger partial charge in [0, 0.05) is 6.42 Å². The summed E-state index contributed by atoms with van der Waals surface area (Å²) in [5, 5.41) is 0. The molecule has 0 saturated carbocycles. The molecule has 0 unspecified atom stereocenters. The van der Waals surface area contributed by atoms with Crippen molar-refractivity contribution in [3.8, 4) is 22.6 Å². The third kappa shape index (κ3) is 1.88. The minimum atomic E-state index is 0.937. The summed E-state index contributed by atoms with van der Waals surface area (Å²) in [7, 11) is 0. The van der Waals surface area contributed by atoms with E-state index in [1.165, 1.54) is 22.3 Å². The van der Waals surface area contributed by atoms with Crippen LogP contribution < -0.4 is 4.74 Å². The van der Waals surface area contributed by atoms with Crippen molar-refractivity contribution in [3.63, 3.8) is 0 Å². The molecule has 0 saturated heterocycles. The lowest BCUT2D eigenvalue weighted by Crippen LogP contribution is -2.02. The van der Waals surface area contributed by atoms with E-state index in [9.17, 15) is 0 Å². The summed E-state index contributed by atoms with van der Waals surface area (Å²) in [5.41, 5.74) is 5.00. The summed E-state index contributed by atoms with van der Waals surface area (Å²) in [5.74, 6) is 1.95. The van der Waals surface area contributed by atoms with Gasteiger partial charge in [0.15, 0.2) is 0 Å². The Hall–Kier alpha value is -2.54. The maximum atomic E-state index is 5.97. The average Bonchev–Trinajstić information content (AvgIpc) is 2.53. The molecule has 0 N–H and O–H groups in total. The molecule has 0 bridgehead atoms. The summed E-state index contributed by atoms with van der Waals surface area (Å²) in [6, 6.07) is 25.1. The zero-order valence-electron chi connectivity index (χ0n) is 11.0. The number of hydrogen-bond donors (Lipinski definition) is 0. The lowest BCUT2D eigenvalue weighted by molar-refractivity contribution is 0.460. The highest BCUT2D eigenvalue weighted by atomic mass is 16.5. The van der Waals surface area contributed by atoms with E-state index in [1.807, 2.05) is 18.2 Å². The Morgan fingerprint density at radius 2 is 1.35 bits per heavy atom. The molecule has 0 radical (unpaired) electrons. The van der Waals surface area contributed by atoms with Gasteiger partial charge in [-0.2, -0.15) is 0 Å². The Morgan fingerprint density at radius 1 is 0.600 bits per heavy atom. The highest BCUT2D eigenvalue weighted by Gasteiger charge is 2.16. The van der Waals surface area contributed by atoms with Gasteiger partial charge in [0.1, 0.15) is 11.5 Å². The second kappa shape index (κ2) is 4.53. The SMILES string of the molecule is c1ccc(-c2ccc3c(c2)Cc2ccccc2O3)cc1. The van der Waals surface area contributed by atoms with Crippen molar-refractivity contribution >= 4 is 0 Å². The molecule has 1 heteroatoms. The van der Waals surface area contributed by atoms with E-state index in [1.54, 1.807) is 0 Å². The first-order chi connectivity index (χ1) is 9.90. The lowest BCUT2D eigenvalue weighted by atomic mass is 9.96. The fraction of sp³-hybridized carbons (Fsp3) is 0.0526. The van der Waals surface area contributed by atoms with Crippen LogP contribution in [-0.2, 0) is 6.42 Å². The van der Waals surface area contributed by atoms with E-state index >= 15 is 0 Å². The topological polar surface area (TPSA) is 9.23 Å². The Bertz CT molecular complexity index is 760. The molecule has 3 aromatic rings. The quantitative estimate of drug-likeness (QED) is 0.464. The van der Waals surface area contributed by atoms with Crippen LogP contribution >= 0.6 is 0 Å². The molecule has 1 aliphatic heterocycles. The van der Waals surface area contributed by atoms with Gasteiger partial charge in [0.25, 0.3) is 0 Å². The largest absolute Gasteiger partial charge is 0.457 e. The molecule has 0 spiro atoms. The molecule has 1 nitrogen and oxygen atoms in total. The normalized spacial score (nSPS) is 12.2. The van der Waals surface area contributed by atoms with Crippen molar-refractivity contribution in [2.45, 2.75) is 6.42 Å². The molecule has 20 heavy (non-hydrogen) atoms. The number of hydrogen-bond acceptors (Lipinski definition) is 1. The van der Waals surface area contributed by atoms with Crippen LogP contribution in [0, 0.1) is 0 Å². The molecule has 0 aromatic heterocycles. The summed E-state index contributed by atoms with van der Waals surface area (Å²) in [6.07, 6.45) is 0.937. The van der Waals surface area contributed by atoms with E-state index in [2.05, 4.69) is 54.6 Å². The lowest BCUT2D eigenvalue weighted by Gasteiger charge is -2.20. The molecule has 0 atom stereocenters. The number of ether oxygens (including phenoxy) is 1. The second-order valence-electron chi connectivity index (χ2n) is 5.08. The third-order valence-corrected chi connectivity index (χ3v) is 3.74. The van der Waals surface area contributed by atoms with Crippen LogP contribution in [0.25, 0.3) is 11.1 Å². The van der Waals surface area contributed by atoms with Gasteiger partial charge in [-0.3, -0.25) is 0 Å². The first kappa shape index (κ1) is 11.3. The summed E-state index contributed by atoms with van der Waals surface area (Å²) in [6.45, 7) is 0. The summed E-state index contributed by atoms with van der Waals surface area (Å²) in [4.78, 5) is 0. The average molecular weight is 258 g/mol. The first-order valence-corrected chi connectivity index (χ1v) is 6.84. The summed E-state index contributed by atoms with van der Waals surface area (Å²) >= 11 is 0. The maximum absolute atomic E-state index is 5.97. The van der Waals surface area contributed by atoms with Crippen LogP contribution in [0.4, 0.5) is 0 Å². The second-order valence-corrected chi connectivity index (χ2v) is 5.08. The van der Waals surface area contributed by atoms with E-state index in [0.29, 0.717) is 0 Å². The van der Waals surface area contributed by atoms with Crippen LogP contribution in [0.3, 0.4) is 0 Å². The van der Waals surface area contributed by atoms with Gasteiger partial charge in [-0.25, -0.2) is 0 Å². The van der Waals surface area contributed by atoms with Gasteiger partial charge in [-0.05, 0) is 40.5 Å². The molecule has 0 fully saturated rings. The zero-order valence-corrected chi connectivity index (χ0v) is 11.0. The number of para-hydroxylation sites is 1. The smallest absolute Gasteiger partial charge is 0.131 e. The molecule has 96 valence electrons. The van der Waals surface area contributed by atoms with Crippen LogP contribution in [-0.4, -0.2) is 0 Å². The maximum Gasteiger partial charge on any atom is 0.131 e. The first-order valence-electron chi connectivity index (χ1n) is 6.84. The highest BCUT2D eigenvalue weighted by Crippen LogP contribution is 2.38. The van der Waals surface area contributed by atoms with Crippen molar-refractivity contribution in [2.24, 2.45) is 0 Å². The fourth-order valence-electron chi connectivity index (χ4n) is 2.70. The molecular weight excluding hydrogens is 244 g/mol. The third-order valence-electron chi connectivity index (χ3n) is 3.74. The van der Waals surface area contributed by atoms with Crippen LogP contribution in [0.2, 0.25) is 0 Å². The standard InChI is InChI=1S/C19H14O/c1-2-6-14(7-3-1)15-10-11-19-17(12-15)13-16-8-4-5-9-18(16)20-19/h1-12H,13H2. The van der Waals surface area contributed by atoms with Crippen molar-refractivity contribution in [3.05, 3.63) is 83.9 Å². The molecule has 1 heterocycles. The molecule has 3 aromatic carbocycles. The van der Waals surface area contributed by atoms with Crippen molar-refractivity contribution in [1.29, 1.82) is 0 Å². The van der Waals surface area contributed by atoms with Crippen molar-refractivity contribution in [2.75, 3.05) is 0 Å². The minimum Gasteiger partial charge on any atom is -0.457 e. The van der Waals surface area contributed by atoms with E-state index in [0.717, 1.165) is 17.9 Å². The Balaban J connectivity index is 1.77. The Kier molecular flexibility index (Phi) is 2.56. The fourth-order valence-corrected chi connectivity index (χ4v) is 2.70. The van der Waals surface area contributed by atoms with Crippen LogP contribution in [0.1, 0.15) is 11.1 Å². The number of fused-ring (bicyclic) bond motifs is 2. The minimum absolute atomic E-state index is 0.937. The van der Waals surface area contributed by atoms with Gasteiger partial charge < -0.3 is 4.74 Å². The van der Waals surface area contributed by atoms with Crippen LogP contribution in [0.5, 0.6) is 11.5 Å². The zero-order chi connectivity index (χ0) is 13.4. The van der Waals surface area contributed by atoms with Crippen LogP contribution in [0.15, 0.2) is 72.8 Å². The van der Waals surface area contributed by atoms with Gasteiger partial charge in [-0.1, -0.05) is 54.6 Å². The molecule has 4 rings (SSSR count). The van der Waals surface area contributed by atoms with Gasteiger partial charge in [-0.15, -0.1) is 0 Å². The Labute approximate surface area is 118 Å². The van der Waals surface area contributed by atoms with Gasteiger partial charge >= 0.3 is 0 Å². The van der Waals surface area contributed by atoms with E-state index < -0.39 is 0 Å². The van der Waals surface area contributed by atoms with E-state index in [-0.39, 0.29) is 0 Å². The van der Waals surface area contributed by atoms with Crippen molar-refractivity contribution < 1.29 is 4.74 Å². The predicted molar refractivity (Wildman–Crippen MR) is 81.2 cm³/mol. The molecular formula is C19H14O. The molecule has 0 amide bonds. The van der Waals surface area contributed by atoms with E-state index in [4.69, 9.17) is 4.74 Å². The molecule has 1 aliphatic rings. The van der Waals surface area contributed by atoms with Crippen molar-refractivity contribution in [1.82, 2.24) is 0 Å². The highest BCUT2D eigenvalue weighted by molar-refractivity contribution is 5.67. The van der Waals surface area contributed by atoms with Gasteiger partial charge in [0.05, 0.1) is 0 Å². The number of rotatable bonds is 1. The number of benzene rings is 3. The summed E-state index contributed by atoms with van der Waals surface area (Å²) < 4.78 is 5.97. The molecule has 0 aliphatic carbocycles. The monoisotopic (exact) mass is 258 g/mol. The van der Waals surface area contributed by atoms with Gasteiger partial charge in [0.2, 0.25) is 0 Å².